The molecular formula is C21H22F5N7S. The number of fused-ring (bicyclic) bond motifs is 1. The Bertz CT molecular complexity index is 1170. The summed E-state index contributed by atoms with van der Waals surface area (Å²) in [5.74, 6) is -3.36. The van der Waals surface area contributed by atoms with Gasteiger partial charge in [-0.1, -0.05) is 6.07 Å². The van der Waals surface area contributed by atoms with E-state index in [4.69, 9.17) is 0 Å². The zero-order chi connectivity index (χ0) is 24.0. The molecule has 3 aromatic rings. The first-order valence-corrected chi connectivity index (χ1v) is 11.7. The third-order valence-electron chi connectivity index (χ3n) is 6.35. The minimum Gasteiger partial charge on any atom is -0.350 e. The molecule has 0 radical (unpaired) electrons. The predicted molar refractivity (Wildman–Crippen MR) is 116 cm³/mol. The quantitative estimate of drug-likeness (QED) is 0.533. The van der Waals surface area contributed by atoms with Crippen molar-refractivity contribution in [1.82, 2.24) is 24.1 Å². The fourth-order valence-corrected chi connectivity index (χ4v) is 5.27. The van der Waals surface area contributed by atoms with Gasteiger partial charge in [0.15, 0.2) is 11.6 Å². The number of halogens is 5. The van der Waals surface area contributed by atoms with Crippen molar-refractivity contribution < 1.29 is 22.0 Å². The van der Waals surface area contributed by atoms with E-state index in [1.54, 1.807) is 0 Å². The molecule has 0 unspecified atom stereocenters. The first-order chi connectivity index (χ1) is 16.2. The molecule has 4 heterocycles. The van der Waals surface area contributed by atoms with Crippen LogP contribution in [0.5, 0.6) is 0 Å². The Labute approximate surface area is 196 Å². The molecule has 0 spiro atoms. The minimum absolute atomic E-state index is 0.0508. The highest BCUT2D eigenvalue weighted by atomic mass is 32.1. The molecule has 2 atom stereocenters. The summed E-state index contributed by atoms with van der Waals surface area (Å²) >= 11 is 1.36. The number of nitrogens with one attached hydrogen (secondary N) is 1. The summed E-state index contributed by atoms with van der Waals surface area (Å²) < 4.78 is 73.5. The molecule has 2 aromatic heterocycles. The van der Waals surface area contributed by atoms with Crippen LogP contribution in [0.2, 0.25) is 0 Å². The van der Waals surface area contributed by atoms with Gasteiger partial charge in [-0.25, -0.2) is 18.4 Å². The molecule has 0 bridgehead atoms. The number of aromatic nitrogens is 5. The molecule has 2 aliphatic heterocycles. The van der Waals surface area contributed by atoms with E-state index in [-0.39, 0.29) is 30.5 Å². The second-order valence-electron chi connectivity index (χ2n) is 8.71. The molecular weight excluding hydrogens is 477 g/mol. The van der Waals surface area contributed by atoms with E-state index in [0.717, 1.165) is 49.0 Å². The van der Waals surface area contributed by atoms with Crippen molar-refractivity contribution in [2.75, 3.05) is 23.3 Å². The van der Waals surface area contributed by atoms with Crippen LogP contribution in [0.4, 0.5) is 33.0 Å². The van der Waals surface area contributed by atoms with Gasteiger partial charge in [-0.2, -0.15) is 22.5 Å². The molecule has 1 saturated heterocycles. The zero-order valence-corrected chi connectivity index (χ0v) is 19.0. The second kappa shape index (κ2) is 8.75. The lowest BCUT2D eigenvalue weighted by Crippen LogP contribution is -2.39. The van der Waals surface area contributed by atoms with Crippen molar-refractivity contribution in [2.24, 2.45) is 5.92 Å². The highest BCUT2D eigenvalue weighted by Crippen LogP contribution is 2.42. The second-order valence-corrected chi connectivity index (χ2v) is 9.44. The van der Waals surface area contributed by atoms with E-state index in [9.17, 15) is 22.0 Å². The average molecular weight is 500 g/mol. The average Bonchev–Trinajstić information content (AvgIpc) is 3.40. The highest BCUT2D eigenvalue weighted by molar-refractivity contribution is 7.09. The maximum Gasteiger partial charge on any atom is 0.393 e. The number of aryl methyl sites for hydroxylation is 1. The van der Waals surface area contributed by atoms with Gasteiger partial charge in [-0.3, -0.25) is 0 Å². The van der Waals surface area contributed by atoms with Crippen LogP contribution >= 0.6 is 11.5 Å². The standard InChI is InChI=1S/C21H22F5N7S/c1-11-27-20(34-31-11)32-6-4-14(5-7-32)28-19-29-18-15(12-2-3-16(22)17(23)8-12)9-13(21(24,25)26)10-33(18)30-19/h2-3,8,13-15H,4-7,9-10H2,1H3,(H,28,30)/t13-,15-/m1/s1. The van der Waals surface area contributed by atoms with Crippen LogP contribution in [0.1, 0.15) is 42.4 Å². The number of rotatable bonds is 4. The van der Waals surface area contributed by atoms with Gasteiger partial charge < -0.3 is 10.2 Å². The lowest BCUT2D eigenvalue weighted by molar-refractivity contribution is -0.184. The lowest BCUT2D eigenvalue weighted by atomic mass is 9.85. The van der Waals surface area contributed by atoms with Crippen LogP contribution < -0.4 is 10.2 Å². The van der Waals surface area contributed by atoms with Crippen LogP contribution in [-0.2, 0) is 6.54 Å². The van der Waals surface area contributed by atoms with Crippen LogP contribution in [0.25, 0.3) is 0 Å². The lowest BCUT2D eigenvalue weighted by Gasteiger charge is -2.31. The van der Waals surface area contributed by atoms with Gasteiger partial charge in [0.25, 0.3) is 0 Å². The number of nitrogens with zero attached hydrogens (tertiary/aromatic N) is 6. The molecule has 7 nitrogen and oxygen atoms in total. The fraction of sp³-hybridized carbons (Fsp3) is 0.524. The molecule has 0 amide bonds. The Morgan fingerprint density at radius 2 is 1.85 bits per heavy atom. The maximum atomic E-state index is 13.8. The molecule has 1 N–H and O–H groups in total. The fourth-order valence-electron chi connectivity index (χ4n) is 4.54. The summed E-state index contributed by atoms with van der Waals surface area (Å²) in [6.45, 7) is 3.00. The topological polar surface area (TPSA) is 71.8 Å². The van der Waals surface area contributed by atoms with E-state index in [1.165, 1.54) is 22.3 Å². The number of hydrogen-bond donors (Lipinski definition) is 1. The van der Waals surface area contributed by atoms with E-state index in [0.29, 0.717) is 5.82 Å². The Morgan fingerprint density at radius 1 is 1.09 bits per heavy atom. The Balaban J connectivity index is 1.34. The Morgan fingerprint density at radius 3 is 2.50 bits per heavy atom. The van der Waals surface area contributed by atoms with Crippen molar-refractivity contribution in [3.05, 3.63) is 47.0 Å². The zero-order valence-electron chi connectivity index (χ0n) is 18.2. The first kappa shape index (κ1) is 22.9. The number of piperidine rings is 1. The molecule has 0 saturated carbocycles. The largest absolute Gasteiger partial charge is 0.393 e. The summed E-state index contributed by atoms with van der Waals surface area (Å²) in [7, 11) is 0. The van der Waals surface area contributed by atoms with E-state index >= 15 is 0 Å². The number of benzene rings is 1. The van der Waals surface area contributed by atoms with Crippen molar-refractivity contribution in [1.29, 1.82) is 0 Å². The minimum atomic E-state index is -4.44. The monoisotopic (exact) mass is 499 g/mol. The van der Waals surface area contributed by atoms with Crippen molar-refractivity contribution >= 4 is 22.6 Å². The third-order valence-corrected chi connectivity index (χ3v) is 7.22. The van der Waals surface area contributed by atoms with Crippen LogP contribution in [0.3, 0.4) is 0 Å². The summed E-state index contributed by atoms with van der Waals surface area (Å²) in [5, 5.41) is 8.42. The van der Waals surface area contributed by atoms with E-state index < -0.39 is 29.6 Å². The number of alkyl halides is 3. The van der Waals surface area contributed by atoms with Gasteiger partial charge >= 0.3 is 6.18 Å². The van der Waals surface area contributed by atoms with Gasteiger partial charge in [0.1, 0.15) is 11.6 Å². The number of anilines is 2. The SMILES string of the molecule is Cc1nsc(N2CCC(Nc3nc4n(n3)C[C@H](C(F)(F)F)C[C@@H]4c3ccc(F)c(F)c3)CC2)n1. The summed E-state index contributed by atoms with van der Waals surface area (Å²) in [6.07, 6.45) is -3.18. The smallest absolute Gasteiger partial charge is 0.350 e. The summed E-state index contributed by atoms with van der Waals surface area (Å²) in [4.78, 5) is 11.0. The molecule has 0 aliphatic carbocycles. The first-order valence-electron chi connectivity index (χ1n) is 11.0. The summed E-state index contributed by atoms with van der Waals surface area (Å²) in [6, 6.07) is 3.22. The van der Waals surface area contributed by atoms with Gasteiger partial charge in [0.2, 0.25) is 11.1 Å². The van der Waals surface area contributed by atoms with Crippen molar-refractivity contribution in [2.45, 2.75) is 50.9 Å². The predicted octanol–water partition coefficient (Wildman–Crippen LogP) is 4.51. The van der Waals surface area contributed by atoms with Gasteiger partial charge in [-0.05, 0) is 43.9 Å². The Hall–Kier alpha value is -2.83. The highest BCUT2D eigenvalue weighted by Gasteiger charge is 2.46. The van der Waals surface area contributed by atoms with E-state index in [2.05, 4.69) is 29.7 Å². The normalized spacial score (nSPS) is 21.5. The van der Waals surface area contributed by atoms with Crippen LogP contribution in [0.15, 0.2) is 18.2 Å². The van der Waals surface area contributed by atoms with Gasteiger partial charge in [0.05, 0.1) is 12.5 Å². The summed E-state index contributed by atoms with van der Waals surface area (Å²) in [5.41, 5.74) is 0.244. The van der Waals surface area contributed by atoms with Crippen molar-refractivity contribution in [3.63, 3.8) is 0 Å². The molecule has 1 fully saturated rings. The maximum absolute atomic E-state index is 13.8. The van der Waals surface area contributed by atoms with Gasteiger partial charge in [-0.15, -0.1) is 5.10 Å². The van der Waals surface area contributed by atoms with Crippen LogP contribution in [0, 0.1) is 24.5 Å². The molecule has 34 heavy (non-hydrogen) atoms. The Kier molecular flexibility index (Phi) is 5.90. The molecule has 182 valence electrons. The molecule has 13 heteroatoms. The van der Waals surface area contributed by atoms with Gasteiger partial charge in [0, 0.05) is 36.6 Å². The molecule has 2 aliphatic rings. The third kappa shape index (κ3) is 4.57. The van der Waals surface area contributed by atoms with Crippen LogP contribution in [-0.4, -0.2) is 49.4 Å². The number of hydrogen-bond acceptors (Lipinski definition) is 7. The van der Waals surface area contributed by atoms with E-state index in [1.807, 2.05) is 6.92 Å². The van der Waals surface area contributed by atoms with Crippen molar-refractivity contribution in [3.8, 4) is 0 Å². The molecule has 5 rings (SSSR count). The molecule has 1 aromatic carbocycles.